The Balaban J connectivity index is 1.29. The lowest BCUT2D eigenvalue weighted by Gasteiger charge is -2.12. The molecule has 0 unspecified atom stereocenters. The number of para-hydroxylation sites is 2. The highest BCUT2D eigenvalue weighted by atomic mass is 32.1. The van der Waals surface area contributed by atoms with Crippen LogP contribution in [0.2, 0.25) is 0 Å². The minimum Gasteiger partial charge on any atom is -0.292 e. The molecule has 40 heavy (non-hydrogen) atoms. The maximum Gasteiger partial charge on any atom is 0.145 e. The number of fused-ring (bicyclic) bond motifs is 4. The Labute approximate surface area is 236 Å². The van der Waals surface area contributed by atoms with Crippen LogP contribution in [0.5, 0.6) is 0 Å². The highest BCUT2D eigenvalue weighted by Gasteiger charge is 2.16. The van der Waals surface area contributed by atoms with E-state index in [2.05, 4.69) is 150 Å². The molecule has 6 aromatic carbocycles. The largest absolute Gasteiger partial charge is 0.292 e. The summed E-state index contributed by atoms with van der Waals surface area (Å²) in [6.45, 7) is 0. The molecule has 0 fully saturated rings. The second-order valence-corrected chi connectivity index (χ2v) is 11.1. The van der Waals surface area contributed by atoms with Crippen LogP contribution in [0.3, 0.4) is 0 Å². The zero-order chi connectivity index (χ0) is 26.5. The van der Waals surface area contributed by atoms with Crippen LogP contribution in [-0.2, 0) is 0 Å². The fourth-order valence-electron chi connectivity index (χ4n) is 5.71. The molecule has 0 N–H and O–H groups in total. The molecule has 3 heteroatoms. The van der Waals surface area contributed by atoms with Crippen LogP contribution in [0.15, 0.2) is 146 Å². The fraction of sp³-hybridized carbons (Fsp3) is 0. The summed E-state index contributed by atoms with van der Waals surface area (Å²) in [5.41, 5.74) is 9.16. The minimum atomic E-state index is 0.944. The molecule has 2 nitrogen and oxygen atoms in total. The average Bonchev–Trinajstić information content (AvgIpc) is 3.61. The van der Waals surface area contributed by atoms with Gasteiger partial charge in [-0.1, -0.05) is 109 Å². The van der Waals surface area contributed by atoms with Gasteiger partial charge in [0.25, 0.3) is 0 Å². The maximum atomic E-state index is 5.14. The van der Waals surface area contributed by atoms with Gasteiger partial charge in [0.2, 0.25) is 0 Å². The zero-order valence-electron chi connectivity index (χ0n) is 21.7. The van der Waals surface area contributed by atoms with Crippen molar-refractivity contribution < 1.29 is 0 Å². The Bertz CT molecular complexity index is 2150. The van der Waals surface area contributed by atoms with Crippen LogP contribution in [0.25, 0.3) is 70.5 Å². The number of imidazole rings is 1. The van der Waals surface area contributed by atoms with Gasteiger partial charge in [-0.15, -0.1) is 11.3 Å². The molecule has 8 rings (SSSR count). The lowest BCUT2D eigenvalue weighted by Crippen LogP contribution is -1.98. The third-order valence-electron chi connectivity index (χ3n) is 7.63. The number of hydrogen-bond acceptors (Lipinski definition) is 2. The van der Waals surface area contributed by atoms with E-state index in [0.717, 1.165) is 28.1 Å². The van der Waals surface area contributed by atoms with Crippen LogP contribution < -0.4 is 0 Å². The quantitative estimate of drug-likeness (QED) is 0.222. The van der Waals surface area contributed by atoms with Gasteiger partial charge in [0, 0.05) is 31.4 Å². The molecule has 2 aromatic heterocycles. The number of aromatic nitrogens is 2. The first kappa shape index (κ1) is 22.9. The summed E-state index contributed by atoms with van der Waals surface area (Å²) in [7, 11) is 0. The summed E-state index contributed by atoms with van der Waals surface area (Å²) in [6, 6.07) is 51.8. The van der Waals surface area contributed by atoms with Gasteiger partial charge in [-0.2, -0.15) is 0 Å². The summed E-state index contributed by atoms with van der Waals surface area (Å²) >= 11 is 1.87. The molecule has 0 aliphatic carbocycles. The predicted molar refractivity (Wildman–Crippen MR) is 170 cm³/mol. The van der Waals surface area contributed by atoms with E-state index in [1.165, 1.54) is 42.4 Å². The second-order valence-electron chi connectivity index (χ2n) is 10.0. The van der Waals surface area contributed by atoms with Crippen molar-refractivity contribution in [2.45, 2.75) is 0 Å². The number of hydrogen-bond donors (Lipinski definition) is 0. The molecule has 0 radical (unpaired) electrons. The molecule has 0 saturated heterocycles. The Morgan fingerprint density at radius 3 is 2.08 bits per heavy atom. The molecule has 188 valence electrons. The Morgan fingerprint density at radius 2 is 1.18 bits per heavy atom. The molecule has 2 heterocycles. The van der Waals surface area contributed by atoms with Gasteiger partial charge >= 0.3 is 0 Å². The zero-order valence-corrected chi connectivity index (χ0v) is 22.5. The third-order valence-corrected chi connectivity index (χ3v) is 8.85. The van der Waals surface area contributed by atoms with Crippen molar-refractivity contribution in [1.82, 2.24) is 9.55 Å². The minimum absolute atomic E-state index is 0.944. The third kappa shape index (κ3) is 3.75. The van der Waals surface area contributed by atoms with E-state index in [1.54, 1.807) is 0 Å². The number of thiophene rings is 1. The summed E-state index contributed by atoms with van der Waals surface area (Å²) in [5, 5.41) is 2.63. The molecule has 0 bridgehead atoms. The van der Waals surface area contributed by atoms with E-state index >= 15 is 0 Å². The molecular weight excluding hydrogens is 504 g/mol. The molecule has 0 aliphatic rings. The van der Waals surface area contributed by atoms with Crippen molar-refractivity contribution in [3.8, 4) is 39.3 Å². The summed E-state index contributed by atoms with van der Waals surface area (Å²) in [5.74, 6) is 0.944. The number of nitrogens with zero attached hydrogens (tertiary/aromatic N) is 2. The molecular formula is C37H24N2S. The van der Waals surface area contributed by atoms with E-state index in [4.69, 9.17) is 4.98 Å². The lowest BCUT2D eigenvalue weighted by molar-refractivity contribution is 1.10. The van der Waals surface area contributed by atoms with Gasteiger partial charge in [-0.3, -0.25) is 4.57 Å². The first-order valence-corrected chi connectivity index (χ1v) is 14.3. The summed E-state index contributed by atoms with van der Waals surface area (Å²) in [6.07, 6.45) is 0. The normalized spacial score (nSPS) is 11.5. The van der Waals surface area contributed by atoms with Crippen LogP contribution in [0.4, 0.5) is 0 Å². The van der Waals surface area contributed by atoms with Gasteiger partial charge < -0.3 is 0 Å². The van der Waals surface area contributed by atoms with Gasteiger partial charge in [-0.25, -0.2) is 4.98 Å². The number of rotatable bonds is 4. The van der Waals surface area contributed by atoms with Gasteiger partial charge in [0.05, 0.1) is 11.0 Å². The van der Waals surface area contributed by atoms with Crippen molar-refractivity contribution >= 4 is 42.5 Å². The van der Waals surface area contributed by atoms with Crippen molar-refractivity contribution in [3.05, 3.63) is 146 Å². The van der Waals surface area contributed by atoms with E-state index < -0.39 is 0 Å². The monoisotopic (exact) mass is 528 g/mol. The highest BCUT2D eigenvalue weighted by molar-refractivity contribution is 7.26. The van der Waals surface area contributed by atoms with Crippen molar-refractivity contribution in [2.75, 3.05) is 0 Å². The SMILES string of the molecule is c1ccc(-c2ccc(-n3c(-c4cccc(-c5cccc6c5sc5ccccc56)c4)nc4ccccc43)cc2)cc1. The molecule has 0 atom stereocenters. The molecule has 0 aliphatic heterocycles. The van der Waals surface area contributed by atoms with E-state index in [9.17, 15) is 0 Å². The standard InChI is InChI=1S/C37H24N2S/c1-2-10-25(11-3-1)26-20-22-29(23-21-26)39-34-18-6-5-17-33(34)38-37(39)28-13-8-12-27(24-28)30-15-9-16-32-31-14-4-7-19-35(31)40-36(30)32/h1-24H. The average molecular weight is 529 g/mol. The van der Waals surface area contributed by atoms with Crippen LogP contribution in [0, 0.1) is 0 Å². The van der Waals surface area contributed by atoms with E-state index in [1.807, 2.05) is 11.3 Å². The van der Waals surface area contributed by atoms with Gasteiger partial charge in [-0.05, 0) is 58.7 Å². The number of benzene rings is 6. The van der Waals surface area contributed by atoms with Crippen LogP contribution >= 0.6 is 11.3 Å². The maximum absolute atomic E-state index is 5.14. The smallest absolute Gasteiger partial charge is 0.145 e. The molecule has 8 aromatic rings. The Kier molecular flexibility index (Phi) is 5.35. The first-order chi connectivity index (χ1) is 19.8. The topological polar surface area (TPSA) is 17.8 Å². The fourth-order valence-corrected chi connectivity index (χ4v) is 6.95. The van der Waals surface area contributed by atoms with Crippen LogP contribution in [0.1, 0.15) is 0 Å². The molecule has 0 amide bonds. The van der Waals surface area contributed by atoms with Crippen molar-refractivity contribution in [3.63, 3.8) is 0 Å². The summed E-state index contributed by atoms with van der Waals surface area (Å²) < 4.78 is 4.93. The van der Waals surface area contributed by atoms with E-state index in [0.29, 0.717) is 0 Å². The summed E-state index contributed by atoms with van der Waals surface area (Å²) in [4.78, 5) is 5.14. The van der Waals surface area contributed by atoms with Crippen LogP contribution in [-0.4, -0.2) is 9.55 Å². The van der Waals surface area contributed by atoms with E-state index in [-0.39, 0.29) is 0 Å². The second kappa shape index (κ2) is 9.33. The van der Waals surface area contributed by atoms with Gasteiger partial charge in [0.15, 0.2) is 0 Å². The van der Waals surface area contributed by atoms with Gasteiger partial charge in [0.1, 0.15) is 5.82 Å². The lowest BCUT2D eigenvalue weighted by atomic mass is 10.0. The highest BCUT2D eigenvalue weighted by Crippen LogP contribution is 2.40. The molecule has 0 saturated carbocycles. The first-order valence-electron chi connectivity index (χ1n) is 13.5. The molecule has 0 spiro atoms. The Hall–Kier alpha value is -4.99. The van der Waals surface area contributed by atoms with Crippen molar-refractivity contribution in [2.24, 2.45) is 0 Å². The predicted octanol–water partition coefficient (Wildman–Crippen LogP) is 10.4. The Morgan fingerprint density at radius 1 is 0.500 bits per heavy atom. The van der Waals surface area contributed by atoms with Crippen molar-refractivity contribution in [1.29, 1.82) is 0 Å².